The minimum Gasteiger partial charge on any atom is -0.397 e. The molecule has 4 saturated carbocycles. The van der Waals surface area contributed by atoms with Crippen molar-refractivity contribution >= 4 is 21.5 Å². The summed E-state index contributed by atoms with van der Waals surface area (Å²) in [5, 5.41) is -1.00. The third-order valence-corrected chi connectivity index (χ3v) is 10.9. The minimum atomic E-state index is -1.00. The van der Waals surface area contributed by atoms with E-state index in [4.69, 9.17) is 20.4 Å². The van der Waals surface area contributed by atoms with Crippen molar-refractivity contribution in [3.63, 3.8) is 0 Å². The highest BCUT2D eigenvalue weighted by molar-refractivity contribution is 6.39. The molecule has 4 radical (unpaired) electrons. The SMILES string of the molecule is [B]C([B])(OC)C1CCC2(C)C(CCC3C2CCC2(C)C(C(=O)Cn4ccnc4)CCC32)C1. The number of rotatable bonds is 5. The number of Topliss-reactive ketones (excluding diaryl/α,β-unsaturated/α-hetero) is 1. The number of aromatic nitrogens is 2. The fourth-order valence-electron chi connectivity index (χ4n) is 9.03. The Kier molecular flexibility index (Phi) is 5.71. The molecule has 32 heavy (non-hydrogen) atoms. The number of hydrogen-bond donors (Lipinski definition) is 0. The number of ether oxygens (including phenoxy) is 1. The highest BCUT2D eigenvalue weighted by Crippen LogP contribution is 2.68. The zero-order valence-electron chi connectivity index (χ0n) is 20.1. The molecule has 1 aromatic rings. The van der Waals surface area contributed by atoms with Gasteiger partial charge in [0.15, 0.2) is 5.78 Å². The molecule has 4 nitrogen and oxygen atoms in total. The third kappa shape index (κ3) is 3.46. The lowest BCUT2D eigenvalue weighted by Gasteiger charge is -2.62. The second-order valence-electron chi connectivity index (χ2n) is 12.1. The number of ketones is 1. The van der Waals surface area contributed by atoms with E-state index in [1.807, 2.05) is 10.8 Å². The second-order valence-corrected chi connectivity index (χ2v) is 12.1. The summed E-state index contributed by atoms with van der Waals surface area (Å²) >= 11 is 0. The van der Waals surface area contributed by atoms with Crippen LogP contribution in [0.3, 0.4) is 0 Å². The van der Waals surface area contributed by atoms with Gasteiger partial charge in [0.05, 0.1) is 28.6 Å². The zero-order chi connectivity index (χ0) is 22.7. The summed E-state index contributed by atoms with van der Waals surface area (Å²) in [6, 6.07) is 0. The van der Waals surface area contributed by atoms with E-state index in [1.54, 1.807) is 19.6 Å². The van der Waals surface area contributed by atoms with E-state index in [2.05, 4.69) is 18.8 Å². The van der Waals surface area contributed by atoms with Crippen LogP contribution in [0, 0.1) is 46.3 Å². The molecule has 0 aromatic carbocycles. The molecule has 1 heterocycles. The van der Waals surface area contributed by atoms with Gasteiger partial charge in [-0.1, -0.05) is 13.8 Å². The first-order chi connectivity index (χ1) is 15.2. The normalized spacial score (nSPS) is 43.8. The molecule has 8 unspecified atom stereocenters. The molecule has 1 aromatic heterocycles. The Morgan fingerprint density at radius 2 is 1.84 bits per heavy atom. The monoisotopic (exact) mass is 432 g/mol. The number of nitrogens with zero attached hydrogens (tertiary/aromatic N) is 2. The lowest BCUT2D eigenvalue weighted by molar-refractivity contribution is -0.139. The van der Waals surface area contributed by atoms with Gasteiger partial charge in [-0.3, -0.25) is 4.79 Å². The lowest BCUT2D eigenvalue weighted by atomic mass is 9.42. The van der Waals surface area contributed by atoms with Gasteiger partial charge in [0, 0.05) is 25.4 Å². The van der Waals surface area contributed by atoms with Gasteiger partial charge in [0.2, 0.25) is 0 Å². The molecular weight excluding hydrogens is 394 g/mol. The molecule has 4 fully saturated rings. The molecule has 0 aliphatic heterocycles. The van der Waals surface area contributed by atoms with Gasteiger partial charge in [0.1, 0.15) is 0 Å². The summed E-state index contributed by atoms with van der Waals surface area (Å²) in [6.45, 7) is 5.48. The summed E-state index contributed by atoms with van der Waals surface area (Å²) in [7, 11) is 14.2. The van der Waals surface area contributed by atoms with Gasteiger partial charge in [-0.15, -0.1) is 0 Å². The Hall–Kier alpha value is -1.03. The number of fused-ring (bicyclic) bond motifs is 5. The van der Waals surface area contributed by atoms with Gasteiger partial charge < -0.3 is 9.30 Å². The molecule has 0 amide bonds. The Bertz CT molecular complexity index is 843. The van der Waals surface area contributed by atoms with Crippen molar-refractivity contribution < 1.29 is 9.53 Å². The summed E-state index contributed by atoms with van der Waals surface area (Å²) < 4.78 is 7.39. The Morgan fingerprint density at radius 1 is 1.09 bits per heavy atom. The largest absolute Gasteiger partial charge is 0.397 e. The predicted octanol–water partition coefficient (Wildman–Crippen LogP) is 4.36. The quantitative estimate of drug-likeness (QED) is 0.650. The van der Waals surface area contributed by atoms with E-state index in [9.17, 15) is 4.79 Å². The van der Waals surface area contributed by atoms with Gasteiger partial charge in [-0.25, -0.2) is 4.98 Å². The van der Waals surface area contributed by atoms with E-state index in [0.717, 1.165) is 31.1 Å². The second kappa shape index (κ2) is 8.03. The minimum absolute atomic E-state index is 0.166. The Morgan fingerprint density at radius 3 is 2.56 bits per heavy atom. The van der Waals surface area contributed by atoms with Crippen molar-refractivity contribution in [2.24, 2.45) is 46.3 Å². The number of methoxy groups -OCH3 is 1. The van der Waals surface area contributed by atoms with Crippen LogP contribution in [0.25, 0.3) is 0 Å². The number of carbonyl (C=O) groups excluding carboxylic acids is 1. The number of carbonyl (C=O) groups is 1. The maximum Gasteiger partial charge on any atom is 0.156 e. The topological polar surface area (TPSA) is 44.1 Å². The fraction of sp³-hybridized carbons (Fsp3) is 0.846. The summed E-state index contributed by atoms with van der Waals surface area (Å²) in [6.07, 6.45) is 16.1. The molecule has 4 aliphatic rings. The van der Waals surface area contributed by atoms with E-state index in [0.29, 0.717) is 29.6 Å². The first kappa shape index (κ1) is 22.7. The predicted molar refractivity (Wildman–Crippen MR) is 127 cm³/mol. The summed E-state index contributed by atoms with van der Waals surface area (Å²) in [4.78, 5) is 17.4. The maximum absolute atomic E-state index is 13.3. The molecule has 0 bridgehead atoms. The summed E-state index contributed by atoms with van der Waals surface area (Å²) in [5.74, 6) is 3.77. The first-order valence-electron chi connectivity index (χ1n) is 12.8. The highest BCUT2D eigenvalue weighted by atomic mass is 16.5. The molecule has 8 atom stereocenters. The molecular formula is C26H38B2N2O2. The van der Waals surface area contributed by atoms with Gasteiger partial charge in [-0.2, -0.15) is 0 Å². The van der Waals surface area contributed by atoms with Gasteiger partial charge >= 0.3 is 0 Å². The van der Waals surface area contributed by atoms with Crippen LogP contribution >= 0.6 is 0 Å². The molecule has 0 spiro atoms. The molecule has 0 N–H and O–H groups in total. The molecule has 0 saturated heterocycles. The summed E-state index contributed by atoms with van der Waals surface area (Å²) in [5.41, 5.74) is 0.544. The van der Waals surface area contributed by atoms with Crippen LogP contribution in [0.2, 0.25) is 0 Å². The first-order valence-corrected chi connectivity index (χ1v) is 12.8. The van der Waals surface area contributed by atoms with Crippen molar-refractivity contribution in [1.82, 2.24) is 9.55 Å². The van der Waals surface area contributed by atoms with Gasteiger partial charge in [-0.05, 0) is 104 Å². The van der Waals surface area contributed by atoms with E-state index < -0.39 is 5.40 Å². The van der Waals surface area contributed by atoms with E-state index >= 15 is 0 Å². The fourth-order valence-corrected chi connectivity index (χ4v) is 9.03. The van der Waals surface area contributed by atoms with Crippen LogP contribution in [-0.4, -0.2) is 43.5 Å². The third-order valence-electron chi connectivity index (χ3n) is 10.9. The standard InChI is InChI=1S/C26H38B2N2O2/c1-24-10-8-18(26(27,28)32-3)14-17(24)4-5-19-20-6-7-22(25(20,2)11-9-21(19)24)23(31)15-30-13-12-29-16-30/h12-13,16-22H,4-11,14-15H2,1-3H3. The highest BCUT2D eigenvalue weighted by Gasteiger charge is 2.61. The van der Waals surface area contributed by atoms with Crippen LogP contribution in [0.15, 0.2) is 18.7 Å². The molecule has 170 valence electrons. The van der Waals surface area contributed by atoms with Crippen LogP contribution in [0.5, 0.6) is 0 Å². The van der Waals surface area contributed by atoms with Crippen LogP contribution in [-0.2, 0) is 16.1 Å². The lowest BCUT2D eigenvalue weighted by Crippen LogP contribution is -2.56. The van der Waals surface area contributed by atoms with Crippen molar-refractivity contribution in [3.8, 4) is 0 Å². The van der Waals surface area contributed by atoms with E-state index in [-0.39, 0.29) is 17.3 Å². The van der Waals surface area contributed by atoms with Gasteiger partial charge in [0.25, 0.3) is 0 Å². The van der Waals surface area contributed by atoms with Crippen molar-refractivity contribution in [2.45, 2.75) is 83.6 Å². The van der Waals surface area contributed by atoms with Crippen LogP contribution in [0.1, 0.15) is 71.6 Å². The van der Waals surface area contributed by atoms with Crippen molar-refractivity contribution in [3.05, 3.63) is 18.7 Å². The average Bonchev–Trinajstić information content (AvgIpc) is 3.39. The van der Waals surface area contributed by atoms with Crippen LogP contribution < -0.4 is 0 Å². The number of hydrogen-bond acceptors (Lipinski definition) is 3. The van der Waals surface area contributed by atoms with E-state index in [1.165, 1.54) is 38.5 Å². The molecule has 6 heteroatoms. The maximum atomic E-state index is 13.3. The van der Waals surface area contributed by atoms with Crippen LogP contribution in [0.4, 0.5) is 0 Å². The zero-order valence-corrected chi connectivity index (χ0v) is 20.1. The van der Waals surface area contributed by atoms with Crippen molar-refractivity contribution in [2.75, 3.05) is 7.11 Å². The Labute approximate surface area is 196 Å². The number of imidazole rings is 1. The molecule has 4 aliphatic carbocycles. The van der Waals surface area contributed by atoms with Crippen molar-refractivity contribution in [1.29, 1.82) is 0 Å². The Balaban J connectivity index is 1.32. The molecule has 5 rings (SSSR count). The smallest absolute Gasteiger partial charge is 0.156 e. The average molecular weight is 432 g/mol.